The number of nitrogens with zero attached hydrogens (tertiary/aromatic N) is 1. The highest BCUT2D eigenvalue weighted by Crippen LogP contribution is 2.52. The highest BCUT2D eigenvalue weighted by Gasteiger charge is 2.50. The number of hydrogen-bond acceptors (Lipinski definition) is 1. The van der Waals surface area contributed by atoms with Crippen molar-refractivity contribution >= 4 is 34.6 Å². The maximum atomic E-state index is 13.6. The zero-order chi connectivity index (χ0) is 16.1. The summed E-state index contributed by atoms with van der Waals surface area (Å²) in [6.07, 6.45) is 3.57. The highest BCUT2D eigenvalue weighted by molar-refractivity contribution is 7.80. The molecule has 2 bridgehead atoms. The molecular weight excluding hydrogens is 319 g/mol. The topological polar surface area (TPSA) is 15.3 Å². The Morgan fingerprint density at radius 1 is 1.36 bits per heavy atom. The van der Waals surface area contributed by atoms with Gasteiger partial charge in [0.1, 0.15) is 5.82 Å². The molecule has 2 atom stereocenters. The third-order valence-corrected chi connectivity index (χ3v) is 5.49. The second-order valence-electron chi connectivity index (χ2n) is 7.90. The van der Waals surface area contributed by atoms with Gasteiger partial charge in [-0.2, -0.15) is 0 Å². The Morgan fingerprint density at radius 3 is 2.77 bits per heavy atom. The molecule has 0 spiro atoms. The third kappa shape index (κ3) is 3.09. The smallest absolute Gasteiger partial charge is 0.173 e. The first kappa shape index (κ1) is 16.0. The highest BCUT2D eigenvalue weighted by atomic mass is 35.5. The number of rotatable bonds is 1. The first-order valence-electron chi connectivity index (χ1n) is 7.70. The third-order valence-electron chi connectivity index (χ3n) is 4.85. The Hall–Kier alpha value is -0.870. The van der Waals surface area contributed by atoms with Crippen molar-refractivity contribution in [3.63, 3.8) is 0 Å². The SMILES string of the molecule is CC1(C)C[C@H]2C[C@](C)(CN2C(=S)Nc2ccc(Cl)c(F)c2)C1. The lowest BCUT2D eigenvalue weighted by Gasteiger charge is -2.39. The van der Waals surface area contributed by atoms with Crippen LogP contribution in [0.25, 0.3) is 0 Å². The van der Waals surface area contributed by atoms with Gasteiger partial charge >= 0.3 is 0 Å². The van der Waals surface area contributed by atoms with Crippen LogP contribution in [0.4, 0.5) is 10.1 Å². The second-order valence-corrected chi connectivity index (χ2v) is 8.69. The molecule has 3 rings (SSSR count). The van der Waals surface area contributed by atoms with Gasteiger partial charge in [-0.1, -0.05) is 32.4 Å². The van der Waals surface area contributed by atoms with E-state index in [0.29, 0.717) is 27.7 Å². The van der Waals surface area contributed by atoms with Gasteiger partial charge in [-0.05, 0) is 60.5 Å². The Kier molecular flexibility index (Phi) is 3.89. The van der Waals surface area contributed by atoms with E-state index in [0.717, 1.165) is 13.0 Å². The summed E-state index contributed by atoms with van der Waals surface area (Å²) in [5.41, 5.74) is 1.33. The Morgan fingerprint density at radius 2 is 2.09 bits per heavy atom. The molecule has 1 aromatic rings. The largest absolute Gasteiger partial charge is 0.345 e. The van der Waals surface area contributed by atoms with Crippen molar-refractivity contribution in [3.8, 4) is 0 Å². The molecule has 1 aliphatic heterocycles. The molecule has 2 nitrogen and oxygen atoms in total. The summed E-state index contributed by atoms with van der Waals surface area (Å²) in [7, 11) is 0. The quantitative estimate of drug-likeness (QED) is 0.718. The van der Waals surface area contributed by atoms with Gasteiger partial charge in [-0.25, -0.2) is 4.39 Å². The molecule has 22 heavy (non-hydrogen) atoms. The minimum Gasteiger partial charge on any atom is -0.345 e. The van der Waals surface area contributed by atoms with Gasteiger partial charge in [0.05, 0.1) is 5.02 Å². The molecule has 2 fully saturated rings. The Bertz CT molecular complexity index is 619. The van der Waals surface area contributed by atoms with Crippen LogP contribution >= 0.6 is 23.8 Å². The number of benzene rings is 1. The van der Waals surface area contributed by atoms with Crippen molar-refractivity contribution in [2.45, 2.75) is 46.1 Å². The zero-order valence-electron chi connectivity index (χ0n) is 13.2. The van der Waals surface area contributed by atoms with Gasteiger partial charge in [0.25, 0.3) is 0 Å². The maximum absolute atomic E-state index is 13.6. The lowest BCUT2D eigenvalue weighted by Crippen LogP contribution is -2.39. The predicted molar refractivity (Wildman–Crippen MR) is 93.9 cm³/mol. The molecule has 1 aliphatic carbocycles. The van der Waals surface area contributed by atoms with Crippen LogP contribution in [0.15, 0.2) is 18.2 Å². The molecule has 1 saturated carbocycles. The average Bonchev–Trinajstić information content (AvgIpc) is 2.63. The first-order chi connectivity index (χ1) is 10.2. The van der Waals surface area contributed by atoms with E-state index >= 15 is 0 Å². The second kappa shape index (κ2) is 5.34. The number of halogens is 2. The number of thiocarbonyl (C=S) groups is 1. The van der Waals surface area contributed by atoms with Crippen LogP contribution in [-0.2, 0) is 0 Å². The van der Waals surface area contributed by atoms with Crippen molar-refractivity contribution in [1.82, 2.24) is 4.90 Å². The Labute approximate surface area is 142 Å². The molecule has 1 aromatic carbocycles. The van der Waals surface area contributed by atoms with E-state index in [1.165, 1.54) is 18.9 Å². The van der Waals surface area contributed by atoms with Gasteiger partial charge in [-0.3, -0.25) is 0 Å². The summed E-state index contributed by atoms with van der Waals surface area (Å²) in [5, 5.41) is 3.98. The number of anilines is 1. The van der Waals surface area contributed by atoms with Crippen molar-refractivity contribution in [1.29, 1.82) is 0 Å². The van der Waals surface area contributed by atoms with Crippen molar-refractivity contribution in [2.24, 2.45) is 10.8 Å². The molecule has 1 heterocycles. The van der Waals surface area contributed by atoms with Crippen LogP contribution in [0.3, 0.4) is 0 Å². The fourth-order valence-corrected chi connectivity index (χ4v) is 4.92. The Balaban J connectivity index is 1.74. The van der Waals surface area contributed by atoms with Crippen LogP contribution < -0.4 is 5.32 Å². The van der Waals surface area contributed by atoms with E-state index in [9.17, 15) is 4.39 Å². The van der Waals surface area contributed by atoms with Crippen molar-refractivity contribution in [2.75, 3.05) is 11.9 Å². The van der Waals surface area contributed by atoms with E-state index in [2.05, 4.69) is 31.0 Å². The summed E-state index contributed by atoms with van der Waals surface area (Å²) in [4.78, 5) is 2.29. The summed E-state index contributed by atoms with van der Waals surface area (Å²) in [6, 6.07) is 5.17. The fraction of sp³-hybridized carbons (Fsp3) is 0.588. The van der Waals surface area contributed by atoms with E-state index < -0.39 is 5.82 Å². The lowest BCUT2D eigenvalue weighted by molar-refractivity contribution is 0.132. The minimum absolute atomic E-state index is 0.128. The summed E-state index contributed by atoms with van der Waals surface area (Å²) < 4.78 is 13.6. The zero-order valence-corrected chi connectivity index (χ0v) is 14.8. The molecular formula is C17H22ClFN2S. The monoisotopic (exact) mass is 340 g/mol. The van der Waals surface area contributed by atoms with E-state index in [4.69, 9.17) is 23.8 Å². The molecule has 1 N–H and O–H groups in total. The van der Waals surface area contributed by atoms with Crippen LogP contribution in [-0.4, -0.2) is 22.6 Å². The van der Waals surface area contributed by atoms with Gasteiger partial charge < -0.3 is 10.2 Å². The molecule has 1 saturated heterocycles. The van der Waals surface area contributed by atoms with Crippen LogP contribution in [0.5, 0.6) is 0 Å². The predicted octanol–water partition coefficient (Wildman–Crippen LogP) is 5.08. The van der Waals surface area contributed by atoms with Crippen molar-refractivity contribution in [3.05, 3.63) is 29.0 Å². The molecule has 0 aromatic heterocycles. The van der Waals surface area contributed by atoms with Gasteiger partial charge in [0.2, 0.25) is 0 Å². The average molecular weight is 341 g/mol. The van der Waals surface area contributed by atoms with Gasteiger partial charge in [0, 0.05) is 18.3 Å². The molecule has 5 heteroatoms. The molecule has 0 amide bonds. The van der Waals surface area contributed by atoms with Crippen molar-refractivity contribution < 1.29 is 4.39 Å². The normalized spacial score (nSPS) is 29.5. The number of hydrogen-bond donors (Lipinski definition) is 1. The standard InChI is InChI=1S/C17H22ClFN2S/c1-16(2)7-12-8-17(3,9-16)10-21(12)15(22)20-11-4-5-13(18)14(19)6-11/h4-6,12H,7-10H2,1-3H3,(H,20,22)/t12-,17-/m0/s1. The van der Waals surface area contributed by atoms with Crippen LogP contribution in [0.2, 0.25) is 5.02 Å². The molecule has 0 radical (unpaired) electrons. The number of nitrogens with one attached hydrogen (secondary N) is 1. The molecule has 0 unspecified atom stereocenters. The summed E-state index contributed by atoms with van der Waals surface area (Å²) >= 11 is 11.3. The fourth-order valence-electron chi connectivity index (χ4n) is 4.47. The van der Waals surface area contributed by atoms with E-state index in [1.54, 1.807) is 12.1 Å². The van der Waals surface area contributed by atoms with Gasteiger partial charge in [0.15, 0.2) is 5.11 Å². The van der Waals surface area contributed by atoms with Crippen LogP contribution in [0, 0.1) is 16.6 Å². The number of likely N-dealkylation sites (tertiary alicyclic amines) is 1. The maximum Gasteiger partial charge on any atom is 0.173 e. The lowest BCUT2D eigenvalue weighted by atomic mass is 9.65. The molecule has 120 valence electrons. The summed E-state index contributed by atoms with van der Waals surface area (Å²) in [6.45, 7) is 8.01. The summed E-state index contributed by atoms with van der Waals surface area (Å²) in [5.74, 6) is -0.428. The number of fused-ring (bicyclic) bond motifs is 2. The minimum atomic E-state index is -0.428. The van der Waals surface area contributed by atoms with Gasteiger partial charge in [-0.15, -0.1) is 0 Å². The van der Waals surface area contributed by atoms with Crippen LogP contribution in [0.1, 0.15) is 40.0 Å². The van der Waals surface area contributed by atoms with E-state index in [1.807, 2.05) is 0 Å². The van der Waals surface area contributed by atoms with E-state index in [-0.39, 0.29) is 5.02 Å². The first-order valence-corrected chi connectivity index (χ1v) is 8.49. The molecule has 2 aliphatic rings.